The van der Waals surface area contributed by atoms with Crippen LogP contribution in [0.15, 0.2) is 36.4 Å². The Bertz CT molecular complexity index is 614. The highest BCUT2D eigenvalue weighted by Gasteiger charge is 2.09. The molecule has 0 fully saturated rings. The molecular formula is C14H14ClN3O2. The number of pyridine rings is 1. The van der Waals surface area contributed by atoms with E-state index in [2.05, 4.69) is 15.6 Å². The lowest BCUT2D eigenvalue weighted by Crippen LogP contribution is -2.12. The largest absolute Gasteiger partial charge is 0.497 e. The minimum atomic E-state index is -0.254. The number of hydrogen-bond donors (Lipinski definition) is 2. The number of benzene rings is 1. The van der Waals surface area contributed by atoms with E-state index in [0.29, 0.717) is 17.1 Å². The minimum absolute atomic E-state index is 0.254. The summed E-state index contributed by atoms with van der Waals surface area (Å²) in [5, 5.41) is 5.89. The lowest BCUT2D eigenvalue weighted by Gasteiger charge is -2.08. The van der Waals surface area contributed by atoms with Gasteiger partial charge in [-0.3, -0.25) is 4.79 Å². The molecule has 0 aliphatic rings. The summed E-state index contributed by atoms with van der Waals surface area (Å²) in [4.78, 5) is 16.2. The quantitative estimate of drug-likeness (QED) is 0.850. The molecule has 0 saturated carbocycles. The van der Waals surface area contributed by atoms with Crippen LogP contribution in [0.4, 0.5) is 11.5 Å². The lowest BCUT2D eigenvalue weighted by atomic mass is 10.2. The van der Waals surface area contributed by atoms with E-state index >= 15 is 0 Å². The Hall–Kier alpha value is -2.27. The van der Waals surface area contributed by atoms with Gasteiger partial charge in [0.25, 0.3) is 5.91 Å². The molecule has 0 bridgehead atoms. The molecule has 0 radical (unpaired) electrons. The fraction of sp³-hybridized carbons (Fsp3) is 0.143. The molecule has 2 aromatic rings. The number of halogens is 1. The number of methoxy groups -OCH3 is 1. The minimum Gasteiger partial charge on any atom is -0.497 e. The van der Waals surface area contributed by atoms with Crippen LogP contribution in [0.25, 0.3) is 0 Å². The topological polar surface area (TPSA) is 63.2 Å². The van der Waals surface area contributed by atoms with Crippen molar-refractivity contribution >= 4 is 29.0 Å². The van der Waals surface area contributed by atoms with Crippen molar-refractivity contribution in [2.45, 2.75) is 0 Å². The molecule has 1 amide bonds. The Labute approximate surface area is 121 Å². The summed E-state index contributed by atoms with van der Waals surface area (Å²) in [6, 6.07) is 10.2. The predicted molar refractivity (Wildman–Crippen MR) is 79.7 cm³/mol. The highest BCUT2D eigenvalue weighted by molar-refractivity contribution is 6.30. The van der Waals surface area contributed by atoms with Crippen LogP contribution in [0.1, 0.15) is 10.4 Å². The zero-order valence-corrected chi connectivity index (χ0v) is 11.9. The van der Waals surface area contributed by atoms with Gasteiger partial charge in [0.15, 0.2) is 0 Å². The van der Waals surface area contributed by atoms with Crippen LogP contribution in [-0.4, -0.2) is 25.0 Å². The second-order valence-electron chi connectivity index (χ2n) is 4.00. The Morgan fingerprint density at radius 3 is 2.55 bits per heavy atom. The number of carbonyl (C=O) groups excluding carboxylic acids is 1. The highest BCUT2D eigenvalue weighted by atomic mass is 35.5. The van der Waals surface area contributed by atoms with Crippen molar-refractivity contribution in [3.8, 4) is 5.75 Å². The van der Waals surface area contributed by atoms with Gasteiger partial charge in [-0.05, 0) is 36.4 Å². The molecule has 1 heterocycles. The highest BCUT2D eigenvalue weighted by Crippen LogP contribution is 2.18. The molecule has 0 unspecified atom stereocenters. The molecule has 0 aliphatic carbocycles. The summed E-state index contributed by atoms with van der Waals surface area (Å²) in [6.07, 6.45) is 0. The monoisotopic (exact) mass is 291 g/mol. The fourth-order valence-corrected chi connectivity index (χ4v) is 1.84. The van der Waals surface area contributed by atoms with Gasteiger partial charge in [0, 0.05) is 18.3 Å². The van der Waals surface area contributed by atoms with E-state index in [4.69, 9.17) is 16.3 Å². The van der Waals surface area contributed by atoms with E-state index in [1.54, 1.807) is 44.5 Å². The first kappa shape index (κ1) is 14.1. The number of ether oxygens (including phenoxy) is 1. The molecule has 2 rings (SSSR count). The third-order valence-electron chi connectivity index (χ3n) is 2.66. The normalized spacial score (nSPS) is 9.95. The van der Waals surface area contributed by atoms with Gasteiger partial charge in [0.2, 0.25) is 0 Å². The maximum absolute atomic E-state index is 12.1. The Morgan fingerprint density at radius 2 is 1.95 bits per heavy atom. The molecule has 1 aromatic heterocycles. The number of nitrogens with zero attached hydrogens (tertiary/aromatic N) is 1. The van der Waals surface area contributed by atoms with Crippen molar-refractivity contribution in [1.82, 2.24) is 4.98 Å². The van der Waals surface area contributed by atoms with Gasteiger partial charge in [-0.15, -0.1) is 0 Å². The average molecular weight is 292 g/mol. The van der Waals surface area contributed by atoms with Crippen LogP contribution in [0.2, 0.25) is 5.15 Å². The first-order valence-corrected chi connectivity index (χ1v) is 6.31. The predicted octanol–water partition coefficient (Wildman–Crippen LogP) is 3.04. The van der Waals surface area contributed by atoms with Gasteiger partial charge in [-0.1, -0.05) is 11.6 Å². The van der Waals surface area contributed by atoms with Crippen molar-refractivity contribution in [2.75, 3.05) is 24.8 Å². The zero-order chi connectivity index (χ0) is 14.5. The smallest absolute Gasteiger partial charge is 0.255 e. The van der Waals surface area contributed by atoms with E-state index < -0.39 is 0 Å². The van der Waals surface area contributed by atoms with Crippen LogP contribution in [0.5, 0.6) is 5.75 Å². The molecule has 5 nitrogen and oxygen atoms in total. The molecule has 0 spiro atoms. The van der Waals surface area contributed by atoms with Gasteiger partial charge in [-0.2, -0.15) is 0 Å². The summed E-state index contributed by atoms with van der Waals surface area (Å²) in [6.45, 7) is 0. The molecular weight excluding hydrogens is 278 g/mol. The summed E-state index contributed by atoms with van der Waals surface area (Å²) < 4.78 is 5.06. The van der Waals surface area contributed by atoms with Crippen LogP contribution in [0.3, 0.4) is 0 Å². The molecule has 0 aliphatic heterocycles. The fourth-order valence-electron chi connectivity index (χ4n) is 1.63. The van der Waals surface area contributed by atoms with Gasteiger partial charge < -0.3 is 15.4 Å². The zero-order valence-electron chi connectivity index (χ0n) is 11.1. The number of amides is 1. The third-order valence-corrected chi connectivity index (χ3v) is 2.85. The van der Waals surface area contributed by atoms with E-state index in [1.807, 2.05) is 0 Å². The summed E-state index contributed by atoms with van der Waals surface area (Å²) in [5.41, 5.74) is 1.11. The molecule has 20 heavy (non-hydrogen) atoms. The third kappa shape index (κ3) is 3.39. The van der Waals surface area contributed by atoms with Gasteiger partial charge in [0.1, 0.15) is 16.7 Å². The second kappa shape index (κ2) is 6.25. The number of carbonyl (C=O) groups is 1. The second-order valence-corrected chi connectivity index (χ2v) is 4.38. The van der Waals surface area contributed by atoms with Crippen LogP contribution in [0, 0.1) is 0 Å². The SMILES string of the molecule is CNc1cc(C(=O)Nc2ccc(OC)cc2)cc(Cl)n1. The van der Waals surface area contributed by atoms with E-state index in [1.165, 1.54) is 6.07 Å². The summed E-state index contributed by atoms with van der Waals surface area (Å²) in [5.74, 6) is 1.01. The van der Waals surface area contributed by atoms with Gasteiger partial charge >= 0.3 is 0 Å². The molecule has 2 N–H and O–H groups in total. The summed E-state index contributed by atoms with van der Waals surface area (Å²) >= 11 is 5.87. The molecule has 0 saturated heterocycles. The lowest BCUT2D eigenvalue weighted by molar-refractivity contribution is 0.102. The van der Waals surface area contributed by atoms with Crippen molar-refractivity contribution in [2.24, 2.45) is 0 Å². The van der Waals surface area contributed by atoms with Crippen molar-refractivity contribution < 1.29 is 9.53 Å². The van der Waals surface area contributed by atoms with Crippen molar-refractivity contribution in [3.63, 3.8) is 0 Å². The van der Waals surface area contributed by atoms with Crippen molar-refractivity contribution in [3.05, 3.63) is 47.1 Å². The molecule has 104 valence electrons. The van der Waals surface area contributed by atoms with Crippen LogP contribution >= 0.6 is 11.6 Å². The molecule has 1 aromatic carbocycles. The Morgan fingerprint density at radius 1 is 1.25 bits per heavy atom. The summed E-state index contributed by atoms with van der Waals surface area (Å²) in [7, 11) is 3.30. The van der Waals surface area contributed by atoms with E-state index in [0.717, 1.165) is 5.75 Å². The molecule has 0 atom stereocenters. The number of rotatable bonds is 4. The number of nitrogens with one attached hydrogen (secondary N) is 2. The Kier molecular flexibility index (Phi) is 4.42. The van der Waals surface area contributed by atoms with E-state index in [9.17, 15) is 4.79 Å². The number of hydrogen-bond acceptors (Lipinski definition) is 4. The number of aromatic nitrogens is 1. The standard InChI is InChI=1S/C14H14ClN3O2/c1-16-13-8-9(7-12(15)18-13)14(19)17-10-3-5-11(20-2)6-4-10/h3-8H,1-2H3,(H,16,18)(H,17,19). The molecule has 6 heteroatoms. The van der Waals surface area contributed by atoms with E-state index in [-0.39, 0.29) is 11.1 Å². The van der Waals surface area contributed by atoms with Gasteiger partial charge in [0.05, 0.1) is 7.11 Å². The average Bonchev–Trinajstić information content (AvgIpc) is 2.47. The van der Waals surface area contributed by atoms with Crippen molar-refractivity contribution in [1.29, 1.82) is 0 Å². The number of anilines is 2. The first-order chi connectivity index (χ1) is 9.62. The maximum atomic E-state index is 12.1. The van der Waals surface area contributed by atoms with Gasteiger partial charge in [-0.25, -0.2) is 4.98 Å². The Balaban J connectivity index is 2.16. The maximum Gasteiger partial charge on any atom is 0.255 e. The van der Waals surface area contributed by atoms with Crippen LogP contribution in [-0.2, 0) is 0 Å². The van der Waals surface area contributed by atoms with Crippen LogP contribution < -0.4 is 15.4 Å². The first-order valence-electron chi connectivity index (χ1n) is 5.93.